The van der Waals surface area contributed by atoms with Gasteiger partial charge in [-0.25, -0.2) is 8.78 Å². The van der Waals surface area contributed by atoms with E-state index in [2.05, 4.69) is 0 Å². The summed E-state index contributed by atoms with van der Waals surface area (Å²) >= 11 is 1.43. The molecule has 29 heavy (non-hydrogen) atoms. The molecule has 7 heteroatoms. The summed E-state index contributed by atoms with van der Waals surface area (Å²) in [4.78, 5) is 27.8. The second kappa shape index (κ2) is 7.60. The van der Waals surface area contributed by atoms with Crippen molar-refractivity contribution in [1.82, 2.24) is 4.90 Å². The van der Waals surface area contributed by atoms with Crippen molar-refractivity contribution in [3.63, 3.8) is 0 Å². The van der Waals surface area contributed by atoms with E-state index in [1.54, 1.807) is 0 Å². The van der Waals surface area contributed by atoms with Gasteiger partial charge in [0.25, 0.3) is 11.7 Å². The number of thiophene rings is 1. The number of likely N-dealkylation sites (tertiary alicyclic amines) is 1. The molecular weight excluding hydrogens is 396 g/mol. The van der Waals surface area contributed by atoms with Crippen LogP contribution in [0.2, 0.25) is 0 Å². The quantitative estimate of drug-likeness (QED) is 0.386. The molecule has 2 aromatic carbocycles. The topological polar surface area (TPSA) is 57.6 Å². The summed E-state index contributed by atoms with van der Waals surface area (Å²) in [5, 5.41) is 12.7. The highest BCUT2D eigenvalue weighted by Gasteiger charge is 2.46. The van der Waals surface area contributed by atoms with E-state index in [4.69, 9.17) is 0 Å². The summed E-state index contributed by atoms with van der Waals surface area (Å²) in [5.41, 5.74) is 0.600. The van der Waals surface area contributed by atoms with Crippen LogP contribution in [0.25, 0.3) is 5.76 Å². The number of benzene rings is 2. The smallest absolute Gasteiger partial charge is 0.295 e. The largest absolute Gasteiger partial charge is 0.507 e. The highest BCUT2D eigenvalue weighted by molar-refractivity contribution is 7.09. The summed E-state index contributed by atoms with van der Waals surface area (Å²) in [6.45, 7) is 0.171. The van der Waals surface area contributed by atoms with Crippen LogP contribution in [0.1, 0.15) is 22.0 Å². The van der Waals surface area contributed by atoms with Gasteiger partial charge in [0.2, 0.25) is 0 Å². The molecule has 1 aromatic heterocycles. The highest BCUT2D eigenvalue weighted by atomic mass is 32.1. The van der Waals surface area contributed by atoms with Gasteiger partial charge in [0.15, 0.2) is 0 Å². The minimum Gasteiger partial charge on any atom is -0.507 e. The maximum atomic E-state index is 13.4. The van der Waals surface area contributed by atoms with E-state index in [0.29, 0.717) is 5.56 Å². The number of aliphatic hydroxyl groups excluding tert-OH is 1. The monoisotopic (exact) mass is 411 g/mol. The minimum absolute atomic E-state index is 0.107. The van der Waals surface area contributed by atoms with Crippen LogP contribution in [0.4, 0.5) is 8.78 Å². The van der Waals surface area contributed by atoms with Gasteiger partial charge in [-0.2, -0.15) is 0 Å². The zero-order chi connectivity index (χ0) is 20.5. The van der Waals surface area contributed by atoms with Crippen molar-refractivity contribution in [2.45, 2.75) is 12.6 Å². The predicted octanol–water partition coefficient (Wildman–Crippen LogP) is 4.65. The van der Waals surface area contributed by atoms with Crippen molar-refractivity contribution in [3.05, 3.63) is 99.3 Å². The lowest BCUT2D eigenvalue weighted by Crippen LogP contribution is -2.28. The van der Waals surface area contributed by atoms with E-state index >= 15 is 0 Å². The standard InChI is InChI=1S/C22H15F2NO3S/c23-15-7-3-13(4-8-15)19-18(20(26)14-5-9-16(24)10-6-14)21(27)22(28)25(19)12-17-2-1-11-29-17/h1-11,19,26H,12H2/b20-18-. The molecule has 2 heterocycles. The fourth-order valence-corrected chi connectivity index (χ4v) is 4.07. The molecule has 1 amide bonds. The number of Topliss-reactive ketones (excluding diaryl/α,β-unsaturated/α-hetero) is 1. The van der Waals surface area contributed by atoms with Crippen LogP contribution in [-0.4, -0.2) is 21.7 Å². The summed E-state index contributed by atoms with van der Waals surface area (Å²) in [7, 11) is 0. The van der Waals surface area contributed by atoms with E-state index in [1.165, 1.54) is 52.6 Å². The van der Waals surface area contributed by atoms with Crippen LogP contribution in [0.15, 0.2) is 71.6 Å². The molecule has 3 aromatic rings. The number of hydrogen-bond acceptors (Lipinski definition) is 4. The lowest BCUT2D eigenvalue weighted by Gasteiger charge is -2.25. The Morgan fingerprint density at radius 2 is 1.59 bits per heavy atom. The Hall–Kier alpha value is -3.32. The van der Waals surface area contributed by atoms with Crippen LogP contribution in [0.3, 0.4) is 0 Å². The number of amides is 1. The van der Waals surface area contributed by atoms with Gasteiger partial charge in [-0.05, 0) is 53.4 Å². The van der Waals surface area contributed by atoms with E-state index in [9.17, 15) is 23.5 Å². The van der Waals surface area contributed by atoms with E-state index in [1.807, 2.05) is 17.5 Å². The van der Waals surface area contributed by atoms with E-state index < -0.39 is 35.1 Å². The molecule has 0 bridgehead atoms. The molecule has 1 unspecified atom stereocenters. The molecule has 1 saturated heterocycles. The van der Waals surface area contributed by atoms with Gasteiger partial charge in [-0.1, -0.05) is 18.2 Å². The number of nitrogens with zero attached hydrogens (tertiary/aromatic N) is 1. The van der Waals surface area contributed by atoms with Gasteiger partial charge in [-0.15, -0.1) is 11.3 Å². The molecule has 0 spiro atoms. The summed E-state index contributed by atoms with van der Waals surface area (Å²) in [5.74, 6) is -2.93. The molecule has 1 aliphatic rings. The molecule has 1 N–H and O–H groups in total. The van der Waals surface area contributed by atoms with Crippen LogP contribution in [0.5, 0.6) is 0 Å². The van der Waals surface area contributed by atoms with E-state index in [0.717, 1.165) is 17.0 Å². The number of rotatable bonds is 4. The number of halogens is 2. The van der Waals surface area contributed by atoms with Gasteiger partial charge in [0.1, 0.15) is 17.4 Å². The molecule has 4 rings (SSSR count). The fraction of sp³-hybridized carbons (Fsp3) is 0.0909. The number of ketones is 1. The summed E-state index contributed by atoms with van der Waals surface area (Å²) in [6.07, 6.45) is 0. The SMILES string of the molecule is O=C1C(=O)N(Cc2cccs2)C(c2ccc(F)cc2)/C1=C(/O)c1ccc(F)cc1. The van der Waals surface area contributed by atoms with Gasteiger partial charge < -0.3 is 10.0 Å². The average molecular weight is 411 g/mol. The first-order valence-corrected chi connectivity index (χ1v) is 9.66. The fourth-order valence-electron chi connectivity index (χ4n) is 3.37. The van der Waals surface area contributed by atoms with Crippen LogP contribution in [0, 0.1) is 11.6 Å². The van der Waals surface area contributed by atoms with Crippen molar-refractivity contribution >= 4 is 28.8 Å². The molecule has 1 atom stereocenters. The number of hydrogen-bond donors (Lipinski definition) is 1. The first-order valence-electron chi connectivity index (χ1n) is 8.78. The third-order valence-electron chi connectivity index (χ3n) is 4.75. The lowest BCUT2D eigenvalue weighted by atomic mass is 9.95. The van der Waals surface area contributed by atoms with Crippen LogP contribution in [-0.2, 0) is 16.1 Å². The first kappa shape index (κ1) is 19.0. The van der Waals surface area contributed by atoms with Crippen molar-refractivity contribution in [2.75, 3.05) is 0 Å². The zero-order valence-electron chi connectivity index (χ0n) is 15.0. The molecule has 1 fully saturated rings. The third kappa shape index (κ3) is 3.56. The summed E-state index contributed by atoms with van der Waals surface area (Å²) < 4.78 is 26.7. The van der Waals surface area contributed by atoms with Crippen molar-refractivity contribution in [2.24, 2.45) is 0 Å². The lowest BCUT2D eigenvalue weighted by molar-refractivity contribution is -0.140. The van der Waals surface area contributed by atoms with Gasteiger partial charge >= 0.3 is 0 Å². The number of carbonyl (C=O) groups excluding carboxylic acids is 2. The molecule has 0 radical (unpaired) electrons. The third-order valence-corrected chi connectivity index (χ3v) is 5.61. The van der Waals surface area contributed by atoms with Crippen LogP contribution < -0.4 is 0 Å². The van der Waals surface area contributed by atoms with Gasteiger partial charge in [-0.3, -0.25) is 9.59 Å². The highest BCUT2D eigenvalue weighted by Crippen LogP contribution is 2.40. The Balaban J connectivity index is 1.86. The molecular formula is C22H15F2NO3S. The maximum absolute atomic E-state index is 13.4. The molecule has 146 valence electrons. The zero-order valence-corrected chi connectivity index (χ0v) is 15.8. The average Bonchev–Trinajstić information content (AvgIpc) is 3.31. The number of carbonyl (C=O) groups is 2. The van der Waals surface area contributed by atoms with Gasteiger partial charge in [0, 0.05) is 10.4 Å². The second-order valence-corrected chi connectivity index (χ2v) is 7.60. The number of aliphatic hydroxyl groups is 1. The van der Waals surface area contributed by atoms with Crippen molar-refractivity contribution < 1.29 is 23.5 Å². The Bertz CT molecular complexity index is 1090. The molecule has 1 aliphatic heterocycles. The molecule has 0 aliphatic carbocycles. The summed E-state index contributed by atoms with van der Waals surface area (Å²) in [6, 6.07) is 13.2. The van der Waals surface area contributed by atoms with Crippen molar-refractivity contribution in [3.8, 4) is 0 Å². The predicted molar refractivity (Wildman–Crippen MR) is 105 cm³/mol. The molecule has 4 nitrogen and oxygen atoms in total. The molecule has 0 saturated carbocycles. The second-order valence-electron chi connectivity index (χ2n) is 6.56. The van der Waals surface area contributed by atoms with Gasteiger partial charge in [0.05, 0.1) is 18.2 Å². The van der Waals surface area contributed by atoms with Crippen molar-refractivity contribution in [1.29, 1.82) is 0 Å². The first-order chi connectivity index (χ1) is 14.0. The maximum Gasteiger partial charge on any atom is 0.295 e. The Labute approximate surface area is 169 Å². The Kier molecular flexibility index (Phi) is 4.98. The van der Waals surface area contributed by atoms with Crippen LogP contribution >= 0.6 is 11.3 Å². The van der Waals surface area contributed by atoms with E-state index in [-0.39, 0.29) is 17.7 Å². The Morgan fingerprint density at radius 3 is 2.17 bits per heavy atom. The Morgan fingerprint density at radius 1 is 0.966 bits per heavy atom. The minimum atomic E-state index is -0.886. The normalized spacial score (nSPS) is 18.4.